The van der Waals surface area contributed by atoms with Crippen molar-refractivity contribution in [1.29, 1.82) is 5.26 Å². The summed E-state index contributed by atoms with van der Waals surface area (Å²) in [5.41, 5.74) is 0.897. The highest BCUT2D eigenvalue weighted by molar-refractivity contribution is 6.44. The minimum atomic E-state index is -0.584. The van der Waals surface area contributed by atoms with Crippen LogP contribution in [0.5, 0.6) is 11.5 Å². The van der Waals surface area contributed by atoms with E-state index in [1.54, 1.807) is 36.4 Å². The second-order valence-electron chi connectivity index (χ2n) is 4.84. The molecular formula is C17H10Cl2N2O3. The van der Waals surface area contributed by atoms with E-state index < -0.39 is 5.91 Å². The van der Waals surface area contributed by atoms with Crippen molar-refractivity contribution in [3.05, 3.63) is 57.6 Å². The lowest BCUT2D eigenvalue weighted by atomic mass is 10.1. The summed E-state index contributed by atoms with van der Waals surface area (Å²) in [6.07, 6.45) is 1.45. The molecule has 1 N–H and O–H groups in total. The van der Waals surface area contributed by atoms with Gasteiger partial charge in [-0.25, -0.2) is 0 Å². The highest BCUT2D eigenvalue weighted by Crippen LogP contribution is 2.33. The van der Waals surface area contributed by atoms with Gasteiger partial charge in [-0.05, 0) is 35.9 Å². The number of benzene rings is 2. The van der Waals surface area contributed by atoms with Crippen molar-refractivity contribution in [1.82, 2.24) is 0 Å². The van der Waals surface area contributed by atoms with Gasteiger partial charge in [0.25, 0.3) is 5.91 Å². The number of anilines is 1. The third-order valence-electron chi connectivity index (χ3n) is 3.27. The topological polar surface area (TPSA) is 71.3 Å². The van der Waals surface area contributed by atoms with E-state index in [-0.39, 0.29) is 17.4 Å². The quantitative estimate of drug-likeness (QED) is 0.655. The van der Waals surface area contributed by atoms with Crippen LogP contribution in [0, 0.1) is 11.3 Å². The first-order valence-electron chi connectivity index (χ1n) is 6.85. The first-order chi connectivity index (χ1) is 11.6. The van der Waals surface area contributed by atoms with E-state index in [2.05, 4.69) is 5.32 Å². The minimum Gasteiger partial charge on any atom is -0.454 e. The number of amides is 1. The van der Waals surface area contributed by atoms with Crippen molar-refractivity contribution < 1.29 is 14.3 Å². The molecule has 1 aliphatic rings. The van der Waals surface area contributed by atoms with Crippen molar-refractivity contribution in [3.8, 4) is 17.6 Å². The number of fused-ring (bicyclic) bond motifs is 1. The maximum absolute atomic E-state index is 12.3. The predicted octanol–water partition coefficient (Wildman–Crippen LogP) is 4.27. The standard InChI is InChI=1S/C17H10Cl2N2O3/c18-12-2-1-3-13(16(12)19)21-17(22)11(8-20)6-10-4-5-14-15(7-10)24-9-23-14/h1-7H,9H2,(H,21,22)/b11-6-. The number of ether oxygens (including phenoxy) is 2. The Balaban J connectivity index is 1.84. The first-order valence-corrected chi connectivity index (χ1v) is 7.61. The Bertz CT molecular complexity index is 888. The summed E-state index contributed by atoms with van der Waals surface area (Å²) in [6, 6.07) is 11.9. The predicted molar refractivity (Wildman–Crippen MR) is 91.2 cm³/mol. The van der Waals surface area contributed by atoms with Gasteiger partial charge in [-0.2, -0.15) is 5.26 Å². The molecule has 0 saturated carbocycles. The normalized spacial score (nSPS) is 12.6. The largest absolute Gasteiger partial charge is 0.454 e. The van der Waals surface area contributed by atoms with Crippen LogP contribution in [0.1, 0.15) is 5.56 Å². The Morgan fingerprint density at radius 2 is 2.00 bits per heavy atom. The Labute approximate surface area is 148 Å². The zero-order chi connectivity index (χ0) is 17.1. The molecule has 0 fully saturated rings. The number of carbonyl (C=O) groups excluding carboxylic acids is 1. The van der Waals surface area contributed by atoms with Gasteiger partial charge >= 0.3 is 0 Å². The van der Waals surface area contributed by atoms with Gasteiger partial charge in [0.1, 0.15) is 11.6 Å². The molecule has 3 rings (SSSR count). The molecule has 0 radical (unpaired) electrons. The molecule has 1 heterocycles. The van der Waals surface area contributed by atoms with E-state index in [0.29, 0.717) is 27.8 Å². The summed E-state index contributed by atoms with van der Waals surface area (Å²) in [6.45, 7) is 0.154. The van der Waals surface area contributed by atoms with Gasteiger partial charge in [0.2, 0.25) is 6.79 Å². The van der Waals surface area contributed by atoms with Crippen molar-refractivity contribution >= 4 is 40.9 Å². The van der Waals surface area contributed by atoms with Crippen LogP contribution in [0.4, 0.5) is 5.69 Å². The molecule has 0 bridgehead atoms. The zero-order valence-electron chi connectivity index (χ0n) is 12.2. The van der Waals surface area contributed by atoms with E-state index in [1.165, 1.54) is 6.08 Å². The van der Waals surface area contributed by atoms with Crippen LogP contribution in [0.3, 0.4) is 0 Å². The number of carbonyl (C=O) groups is 1. The average molecular weight is 361 g/mol. The Kier molecular flexibility index (Phi) is 4.61. The molecule has 5 nitrogen and oxygen atoms in total. The summed E-state index contributed by atoms with van der Waals surface area (Å²) in [5.74, 6) is 0.611. The van der Waals surface area contributed by atoms with E-state index in [0.717, 1.165) is 0 Å². The smallest absolute Gasteiger partial charge is 0.266 e. The van der Waals surface area contributed by atoms with Crippen LogP contribution in [-0.2, 0) is 4.79 Å². The first kappa shape index (κ1) is 16.2. The molecule has 1 aliphatic heterocycles. The van der Waals surface area contributed by atoms with Gasteiger partial charge in [0.05, 0.1) is 15.7 Å². The third kappa shape index (κ3) is 3.30. The van der Waals surface area contributed by atoms with Crippen molar-refractivity contribution in [2.45, 2.75) is 0 Å². The van der Waals surface area contributed by atoms with Crippen LogP contribution >= 0.6 is 23.2 Å². The number of nitriles is 1. The molecule has 0 aliphatic carbocycles. The van der Waals surface area contributed by atoms with Gasteiger partial charge in [-0.1, -0.05) is 35.3 Å². The van der Waals surface area contributed by atoms with E-state index >= 15 is 0 Å². The molecule has 2 aromatic rings. The maximum atomic E-state index is 12.3. The summed E-state index contributed by atoms with van der Waals surface area (Å²) < 4.78 is 10.5. The fourth-order valence-electron chi connectivity index (χ4n) is 2.11. The van der Waals surface area contributed by atoms with Crippen LogP contribution < -0.4 is 14.8 Å². The molecule has 0 spiro atoms. The minimum absolute atomic E-state index is 0.0788. The second-order valence-corrected chi connectivity index (χ2v) is 5.62. The highest BCUT2D eigenvalue weighted by atomic mass is 35.5. The van der Waals surface area contributed by atoms with E-state index in [9.17, 15) is 10.1 Å². The van der Waals surface area contributed by atoms with Crippen LogP contribution in [0.25, 0.3) is 6.08 Å². The molecule has 0 saturated heterocycles. The lowest BCUT2D eigenvalue weighted by molar-refractivity contribution is -0.112. The van der Waals surface area contributed by atoms with Gasteiger partial charge in [-0.15, -0.1) is 0 Å². The molecule has 0 atom stereocenters. The number of rotatable bonds is 3. The lowest BCUT2D eigenvalue weighted by Crippen LogP contribution is -2.13. The van der Waals surface area contributed by atoms with Gasteiger partial charge in [0.15, 0.2) is 11.5 Å². The van der Waals surface area contributed by atoms with Crippen LogP contribution in [0.15, 0.2) is 42.0 Å². The zero-order valence-corrected chi connectivity index (χ0v) is 13.7. The fourth-order valence-corrected chi connectivity index (χ4v) is 2.46. The van der Waals surface area contributed by atoms with Crippen LogP contribution in [-0.4, -0.2) is 12.7 Å². The lowest BCUT2D eigenvalue weighted by Gasteiger charge is -2.07. The molecule has 120 valence electrons. The summed E-state index contributed by atoms with van der Waals surface area (Å²) in [5, 5.41) is 12.4. The molecule has 24 heavy (non-hydrogen) atoms. The average Bonchev–Trinajstić information content (AvgIpc) is 3.04. The van der Waals surface area contributed by atoms with Gasteiger partial charge in [-0.3, -0.25) is 4.79 Å². The van der Waals surface area contributed by atoms with E-state index in [1.807, 2.05) is 6.07 Å². The third-order valence-corrected chi connectivity index (χ3v) is 4.09. The SMILES string of the molecule is N#C/C(=C/c1ccc2c(c1)OCO2)C(=O)Nc1cccc(Cl)c1Cl. The summed E-state index contributed by atoms with van der Waals surface area (Å²) in [4.78, 5) is 12.3. The second kappa shape index (κ2) is 6.83. The number of nitrogens with one attached hydrogen (secondary N) is 1. The maximum Gasteiger partial charge on any atom is 0.266 e. The molecule has 1 amide bonds. The highest BCUT2D eigenvalue weighted by Gasteiger charge is 2.15. The summed E-state index contributed by atoms with van der Waals surface area (Å²) in [7, 11) is 0. The van der Waals surface area contributed by atoms with Gasteiger partial charge < -0.3 is 14.8 Å². The summed E-state index contributed by atoms with van der Waals surface area (Å²) >= 11 is 11.9. The van der Waals surface area contributed by atoms with Crippen molar-refractivity contribution in [2.75, 3.05) is 12.1 Å². The van der Waals surface area contributed by atoms with Crippen molar-refractivity contribution in [3.63, 3.8) is 0 Å². The van der Waals surface area contributed by atoms with Crippen LogP contribution in [0.2, 0.25) is 10.0 Å². The van der Waals surface area contributed by atoms with Gasteiger partial charge in [0, 0.05) is 0 Å². The Morgan fingerprint density at radius 1 is 1.21 bits per heavy atom. The molecular weight excluding hydrogens is 351 g/mol. The number of hydrogen-bond acceptors (Lipinski definition) is 4. The monoisotopic (exact) mass is 360 g/mol. The Morgan fingerprint density at radius 3 is 2.79 bits per heavy atom. The van der Waals surface area contributed by atoms with E-state index in [4.69, 9.17) is 32.7 Å². The fraction of sp³-hybridized carbons (Fsp3) is 0.0588. The number of hydrogen-bond donors (Lipinski definition) is 1. The number of halogens is 2. The molecule has 7 heteroatoms. The molecule has 2 aromatic carbocycles. The molecule has 0 unspecified atom stereocenters. The molecule has 0 aromatic heterocycles. The Hall–Kier alpha value is -2.68. The number of nitrogens with zero attached hydrogens (tertiary/aromatic N) is 1. The van der Waals surface area contributed by atoms with Crippen molar-refractivity contribution in [2.24, 2.45) is 0 Å².